The van der Waals surface area contributed by atoms with Crippen LogP contribution in [0, 0.1) is 5.95 Å². The van der Waals surface area contributed by atoms with E-state index in [9.17, 15) is 17.6 Å². The number of pyridine rings is 1. The lowest BCUT2D eigenvalue weighted by molar-refractivity contribution is -0.137. The molecular formula is C13H9F4N3O. The highest BCUT2D eigenvalue weighted by atomic mass is 19.4. The molecule has 1 aromatic heterocycles. The summed E-state index contributed by atoms with van der Waals surface area (Å²) in [5, 5.41) is 11.4. The van der Waals surface area contributed by atoms with Crippen LogP contribution in [0.3, 0.4) is 0 Å². The second kappa shape index (κ2) is 5.78. The molecule has 1 N–H and O–H groups in total. The molecule has 0 aliphatic heterocycles. The smallest absolute Gasteiger partial charge is 0.410 e. The van der Waals surface area contributed by atoms with E-state index in [1.807, 2.05) is 0 Å². The number of nitrogens with zero attached hydrogens (tertiary/aromatic N) is 3. The lowest BCUT2D eigenvalue weighted by Crippen LogP contribution is -2.20. The highest BCUT2D eigenvalue weighted by molar-refractivity contribution is 5.90. The zero-order valence-corrected chi connectivity index (χ0v) is 10.4. The normalized spacial score (nSPS) is 11.8. The third kappa shape index (κ3) is 3.28. The van der Waals surface area contributed by atoms with E-state index in [2.05, 4.69) is 10.1 Å². The summed E-state index contributed by atoms with van der Waals surface area (Å²) in [5.41, 5.74) is -1.40. The first-order valence-corrected chi connectivity index (χ1v) is 5.68. The number of alkyl halides is 3. The Kier molecular flexibility index (Phi) is 4.06. The van der Waals surface area contributed by atoms with Crippen molar-refractivity contribution in [3.63, 3.8) is 0 Å². The second-order valence-electron chi connectivity index (χ2n) is 3.96. The van der Waals surface area contributed by atoms with Gasteiger partial charge in [-0.25, -0.2) is 4.98 Å². The first-order chi connectivity index (χ1) is 9.93. The van der Waals surface area contributed by atoms with Crippen molar-refractivity contribution in [1.29, 1.82) is 0 Å². The number of hydrogen-bond donors (Lipinski definition) is 1. The van der Waals surface area contributed by atoms with Gasteiger partial charge in [-0.1, -0.05) is 23.4 Å². The fraction of sp³-hybridized carbons (Fsp3) is 0.0769. The molecule has 0 atom stereocenters. The van der Waals surface area contributed by atoms with Crippen molar-refractivity contribution < 1.29 is 22.8 Å². The maximum absolute atomic E-state index is 13.2. The predicted molar refractivity (Wildman–Crippen MR) is 68.1 cm³/mol. The first-order valence-electron chi connectivity index (χ1n) is 5.68. The van der Waals surface area contributed by atoms with Crippen LogP contribution in [0.15, 0.2) is 47.8 Å². The quantitative estimate of drug-likeness (QED) is 0.234. The molecule has 8 heteroatoms. The van der Waals surface area contributed by atoms with Crippen molar-refractivity contribution in [1.82, 2.24) is 4.98 Å². The van der Waals surface area contributed by atoms with Crippen LogP contribution in [-0.4, -0.2) is 16.5 Å². The molecule has 4 nitrogen and oxygen atoms in total. The molecule has 0 aliphatic carbocycles. The van der Waals surface area contributed by atoms with Crippen LogP contribution in [0.4, 0.5) is 28.9 Å². The number of benzene rings is 1. The lowest BCUT2D eigenvalue weighted by atomic mass is 10.2. The van der Waals surface area contributed by atoms with E-state index in [-0.39, 0.29) is 5.69 Å². The highest BCUT2D eigenvalue weighted by Crippen LogP contribution is 2.38. The minimum absolute atomic E-state index is 0.270. The van der Waals surface area contributed by atoms with Crippen molar-refractivity contribution in [2.45, 2.75) is 6.18 Å². The number of halogens is 4. The molecule has 0 bridgehead atoms. The van der Waals surface area contributed by atoms with E-state index in [1.54, 1.807) is 18.2 Å². The number of rotatable bonds is 3. The maximum atomic E-state index is 13.2. The van der Waals surface area contributed by atoms with Gasteiger partial charge < -0.3 is 5.21 Å². The molecule has 1 aromatic carbocycles. The van der Waals surface area contributed by atoms with Crippen LogP contribution >= 0.6 is 0 Å². The van der Waals surface area contributed by atoms with Crippen molar-refractivity contribution in [2.24, 2.45) is 5.16 Å². The Hall–Kier alpha value is -2.64. The van der Waals surface area contributed by atoms with Gasteiger partial charge in [0.25, 0.3) is 0 Å². The molecule has 0 radical (unpaired) electrons. The molecule has 110 valence electrons. The minimum atomic E-state index is -4.73. The molecule has 0 spiro atoms. The second-order valence-corrected chi connectivity index (χ2v) is 3.96. The zero-order chi connectivity index (χ0) is 15.5. The summed E-state index contributed by atoms with van der Waals surface area (Å²) in [7, 11) is 0. The third-order valence-corrected chi connectivity index (χ3v) is 2.62. The van der Waals surface area contributed by atoms with E-state index in [0.29, 0.717) is 12.3 Å². The summed E-state index contributed by atoms with van der Waals surface area (Å²) >= 11 is 0. The molecule has 21 heavy (non-hydrogen) atoms. The summed E-state index contributed by atoms with van der Waals surface area (Å²) in [4.78, 5) is 3.93. The van der Waals surface area contributed by atoms with Crippen molar-refractivity contribution in [2.75, 3.05) is 4.90 Å². The molecule has 0 aliphatic rings. The summed E-state index contributed by atoms with van der Waals surface area (Å²) in [6.07, 6.45) is -3.59. The van der Waals surface area contributed by atoms with Crippen molar-refractivity contribution in [3.8, 4) is 0 Å². The van der Waals surface area contributed by atoms with Gasteiger partial charge in [0.1, 0.15) is 6.34 Å². The molecular weight excluding hydrogens is 290 g/mol. The Morgan fingerprint density at radius 2 is 1.86 bits per heavy atom. The predicted octanol–water partition coefficient (Wildman–Crippen LogP) is 3.80. The van der Waals surface area contributed by atoms with E-state index in [4.69, 9.17) is 5.21 Å². The third-order valence-electron chi connectivity index (χ3n) is 2.62. The Bertz CT molecular complexity index is 644. The molecule has 0 amide bonds. The molecule has 1 heterocycles. The van der Waals surface area contributed by atoms with Gasteiger partial charge in [0.05, 0.1) is 11.3 Å². The van der Waals surface area contributed by atoms with Crippen LogP contribution in [0.1, 0.15) is 5.56 Å². The van der Waals surface area contributed by atoms with Crippen molar-refractivity contribution >= 4 is 17.7 Å². The van der Waals surface area contributed by atoms with Crippen LogP contribution in [0.25, 0.3) is 0 Å². The van der Waals surface area contributed by atoms with E-state index in [1.165, 1.54) is 12.1 Å². The summed E-state index contributed by atoms with van der Waals surface area (Å²) in [6, 6.07) is 8.42. The standard InChI is InChI=1S/C13H9F4N3O/c14-12-6-11(10(7-18-12)13(15,16)17)20(8-19-21)9-4-2-1-3-5-9/h1-8,21H. The van der Waals surface area contributed by atoms with Crippen LogP contribution in [0.5, 0.6) is 0 Å². The zero-order valence-electron chi connectivity index (χ0n) is 10.4. The van der Waals surface area contributed by atoms with Gasteiger partial charge >= 0.3 is 6.18 Å². The molecule has 2 rings (SSSR count). The Labute approximate surface area is 117 Å². The van der Waals surface area contributed by atoms with E-state index >= 15 is 0 Å². The average Bonchev–Trinajstić information content (AvgIpc) is 2.44. The summed E-state index contributed by atoms with van der Waals surface area (Å²) in [6.45, 7) is 0. The molecule has 0 saturated carbocycles. The van der Waals surface area contributed by atoms with Gasteiger partial charge in [0.2, 0.25) is 5.95 Å². The summed E-state index contributed by atoms with van der Waals surface area (Å²) in [5.74, 6) is -1.08. The fourth-order valence-electron chi connectivity index (χ4n) is 1.75. The van der Waals surface area contributed by atoms with Gasteiger partial charge in [0.15, 0.2) is 0 Å². The van der Waals surface area contributed by atoms with Gasteiger partial charge in [-0.3, -0.25) is 4.90 Å². The Morgan fingerprint density at radius 1 is 1.19 bits per heavy atom. The number of para-hydroxylation sites is 1. The SMILES string of the molecule is ON=CN(c1ccccc1)c1cc(F)ncc1C(F)(F)F. The van der Waals surface area contributed by atoms with Crippen LogP contribution < -0.4 is 4.90 Å². The van der Waals surface area contributed by atoms with Crippen LogP contribution in [-0.2, 0) is 6.18 Å². The average molecular weight is 299 g/mol. The maximum Gasteiger partial charge on any atom is 0.419 e. The first kappa shape index (κ1) is 14.8. The number of anilines is 2. The molecule has 2 aromatic rings. The Morgan fingerprint density at radius 3 is 2.43 bits per heavy atom. The minimum Gasteiger partial charge on any atom is -0.410 e. The number of aromatic nitrogens is 1. The molecule has 0 fully saturated rings. The lowest BCUT2D eigenvalue weighted by Gasteiger charge is -2.22. The van der Waals surface area contributed by atoms with Gasteiger partial charge in [-0.05, 0) is 12.1 Å². The van der Waals surface area contributed by atoms with Gasteiger partial charge in [-0.2, -0.15) is 17.6 Å². The molecule has 0 unspecified atom stereocenters. The van der Waals surface area contributed by atoms with Gasteiger partial charge in [-0.15, -0.1) is 0 Å². The number of oxime groups is 1. The highest BCUT2D eigenvalue weighted by Gasteiger charge is 2.36. The summed E-state index contributed by atoms with van der Waals surface area (Å²) < 4.78 is 52.2. The monoisotopic (exact) mass is 299 g/mol. The number of hydrogen-bond acceptors (Lipinski definition) is 3. The van der Waals surface area contributed by atoms with E-state index < -0.39 is 23.4 Å². The van der Waals surface area contributed by atoms with E-state index in [0.717, 1.165) is 11.2 Å². The molecule has 0 saturated heterocycles. The Balaban J connectivity index is 2.63. The fourth-order valence-corrected chi connectivity index (χ4v) is 1.75. The van der Waals surface area contributed by atoms with Crippen molar-refractivity contribution in [3.05, 3.63) is 54.1 Å². The van der Waals surface area contributed by atoms with Gasteiger partial charge in [0, 0.05) is 18.0 Å². The largest absolute Gasteiger partial charge is 0.419 e. The van der Waals surface area contributed by atoms with Crippen LogP contribution in [0.2, 0.25) is 0 Å². The topological polar surface area (TPSA) is 48.7 Å².